The van der Waals surface area contributed by atoms with Gasteiger partial charge in [0, 0.05) is 31.3 Å². The molecule has 3 rings (SSSR count). The van der Waals surface area contributed by atoms with Crippen LogP contribution in [0.2, 0.25) is 0 Å². The van der Waals surface area contributed by atoms with Gasteiger partial charge in [0.25, 0.3) is 5.91 Å². The van der Waals surface area contributed by atoms with Crippen molar-refractivity contribution in [2.24, 2.45) is 0 Å². The Labute approximate surface area is 189 Å². The third kappa shape index (κ3) is 5.89. The molecule has 0 bridgehead atoms. The fourth-order valence-corrected chi connectivity index (χ4v) is 4.17. The average molecular weight is 452 g/mol. The Morgan fingerprint density at radius 3 is 2.28 bits per heavy atom. The van der Waals surface area contributed by atoms with Crippen LogP contribution in [0.3, 0.4) is 0 Å². The summed E-state index contributed by atoms with van der Waals surface area (Å²) in [6.07, 6.45) is 0.517. The molecule has 2 amide bonds. The van der Waals surface area contributed by atoms with Gasteiger partial charge in [0.2, 0.25) is 5.91 Å². The van der Waals surface area contributed by atoms with Gasteiger partial charge >= 0.3 is 0 Å². The molecule has 32 heavy (non-hydrogen) atoms. The second-order valence-electron chi connectivity index (χ2n) is 9.12. The van der Waals surface area contributed by atoms with Crippen LogP contribution in [0.25, 0.3) is 0 Å². The molecule has 0 spiro atoms. The van der Waals surface area contributed by atoms with E-state index in [-0.39, 0.29) is 43.3 Å². The predicted molar refractivity (Wildman–Crippen MR) is 118 cm³/mol. The number of piperidine rings is 1. The van der Waals surface area contributed by atoms with Crippen molar-refractivity contribution in [1.29, 1.82) is 0 Å². The first kappa shape index (κ1) is 24.3. The van der Waals surface area contributed by atoms with Crippen molar-refractivity contribution in [3.8, 4) is 11.5 Å². The van der Waals surface area contributed by atoms with Gasteiger partial charge in [0.05, 0.1) is 46.1 Å². The molecule has 0 radical (unpaired) electrons. The molecule has 2 heterocycles. The zero-order valence-corrected chi connectivity index (χ0v) is 19.4. The number of methoxy groups -OCH3 is 2. The summed E-state index contributed by atoms with van der Waals surface area (Å²) in [6, 6.07) is 4.84. The van der Waals surface area contributed by atoms with Crippen LogP contribution in [0.15, 0.2) is 18.2 Å². The molecule has 178 valence electrons. The molecular formula is C23H34FN3O5. The lowest BCUT2D eigenvalue weighted by molar-refractivity contribution is -0.148. The van der Waals surface area contributed by atoms with E-state index >= 15 is 4.39 Å². The van der Waals surface area contributed by atoms with Crippen molar-refractivity contribution >= 4 is 11.8 Å². The molecule has 1 aromatic carbocycles. The molecule has 0 aliphatic carbocycles. The van der Waals surface area contributed by atoms with Crippen molar-refractivity contribution < 1.29 is 28.2 Å². The number of nitrogens with one attached hydrogen (secondary N) is 1. The lowest BCUT2D eigenvalue weighted by Gasteiger charge is -2.43. The quantitative estimate of drug-likeness (QED) is 0.682. The summed E-state index contributed by atoms with van der Waals surface area (Å²) >= 11 is 0. The van der Waals surface area contributed by atoms with Gasteiger partial charge in [0.15, 0.2) is 0 Å². The average Bonchev–Trinajstić information content (AvgIpc) is 2.78. The minimum atomic E-state index is -1.50. The molecule has 0 aromatic heterocycles. The van der Waals surface area contributed by atoms with Gasteiger partial charge in [-0.3, -0.25) is 14.5 Å². The monoisotopic (exact) mass is 451 g/mol. The van der Waals surface area contributed by atoms with Crippen LogP contribution in [0.4, 0.5) is 4.39 Å². The second kappa shape index (κ2) is 10.0. The maximum Gasteiger partial charge on any atom is 0.251 e. The number of benzene rings is 1. The fraction of sp³-hybridized carbons (Fsp3) is 0.652. The van der Waals surface area contributed by atoms with Gasteiger partial charge in [-0.05, 0) is 38.8 Å². The third-order valence-corrected chi connectivity index (χ3v) is 6.24. The minimum Gasteiger partial charge on any atom is -0.497 e. The Morgan fingerprint density at radius 1 is 1.09 bits per heavy atom. The van der Waals surface area contributed by atoms with Crippen molar-refractivity contribution in [3.63, 3.8) is 0 Å². The van der Waals surface area contributed by atoms with Crippen LogP contribution in [-0.4, -0.2) is 93.0 Å². The van der Waals surface area contributed by atoms with E-state index in [4.69, 9.17) is 14.2 Å². The molecule has 2 fully saturated rings. The van der Waals surface area contributed by atoms with Crippen molar-refractivity contribution in [1.82, 2.24) is 15.1 Å². The summed E-state index contributed by atoms with van der Waals surface area (Å²) in [5.74, 6) is 0.646. The maximum atomic E-state index is 15.3. The molecule has 1 aromatic rings. The first-order valence-corrected chi connectivity index (χ1v) is 11.0. The van der Waals surface area contributed by atoms with E-state index in [0.717, 1.165) is 0 Å². The van der Waals surface area contributed by atoms with E-state index < -0.39 is 5.67 Å². The number of alkyl halides is 1. The van der Waals surface area contributed by atoms with Crippen molar-refractivity contribution in [2.75, 3.05) is 60.2 Å². The minimum absolute atomic E-state index is 0.0462. The normalized spacial score (nSPS) is 20.5. The Bertz CT molecular complexity index is 802. The van der Waals surface area contributed by atoms with Crippen LogP contribution in [-0.2, 0) is 9.53 Å². The third-order valence-electron chi connectivity index (χ3n) is 6.24. The highest BCUT2D eigenvalue weighted by Gasteiger charge is 2.38. The molecule has 9 heteroatoms. The number of rotatable bonds is 7. The molecule has 0 unspecified atom stereocenters. The Morgan fingerprint density at radius 2 is 1.72 bits per heavy atom. The number of hydrogen-bond acceptors (Lipinski definition) is 6. The van der Waals surface area contributed by atoms with E-state index in [1.54, 1.807) is 18.2 Å². The van der Waals surface area contributed by atoms with Crippen LogP contribution in [0.5, 0.6) is 11.5 Å². The molecule has 1 N–H and O–H groups in total. The Kier molecular flexibility index (Phi) is 7.61. The lowest BCUT2D eigenvalue weighted by Crippen LogP contribution is -2.58. The molecule has 2 aliphatic rings. The van der Waals surface area contributed by atoms with E-state index in [2.05, 4.69) is 5.32 Å². The number of likely N-dealkylation sites (tertiary alicyclic amines) is 1. The highest BCUT2D eigenvalue weighted by molar-refractivity contribution is 5.95. The summed E-state index contributed by atoms with van der Waals surface area (Å²) in [7, 11) is 3.01. The summed E-state index contributed by atoms with van der Waals surface area (Å²) < 4.78 is 31.2. The number of amides is 2. The second-order valence-corrected chi connectivity index (χ2v) is 9.12. The molecule has 2 aliphatic heterocycles. The van der Waals surface area contributed by atoms with Crippen LogP contribution < -0.4 is 14.8 Å². The Hall–Kier alpha value is -2.39. The lowest BCUT2D eigenvalue weighted by atomic mass is 9.93. The highest BCUT2D eigenvalue weighted by atomic mass is 19.1. The largest absolute Gasteiger partial charge is 0.497 e. The molecule has 2 saturated heterocycles. The van der Waals surface area contributed by atoms with Crippen molar-refractivity contribution in [3.05, 3.63) is 23.8 Å². The van der Waals surface area contributed by atoms with Gasteiger partial charge < -0.3 is 24.4 Å². The van der Waals surface area contributed by atoms with Crippen LogP contribution in [0.1, 0.15) is 37.0 Å². The number of carbonyl (C=O) groups is 2. The summed E-state index contributed by atoms with van der Waals surface area (Å²) in [5.41, 5.74) is -1.49. The topological polar surface area (TPSA) is 80.3 Å². The summed E-state index contributed by atoms with van der Waals surface area (Å²) in [5, 5.41) is 2.70. The van der Waals surface area contributed by atoms with Gasteiger partial charge in [0.1, 0.15) is 17.2 Å². The van der Waals surface area contributed by atoms with E-state index in [9.17, 15) is 9.59 Å². The molecule has 0 atom stereocenters. The fourth-order valence-electron chi connectivity index (χ4n) is 4.17. The van der Waals surface area contributed by atoms with Crippen LogP contribution >= 0.6 is 0 Å². The standard InChI is InChI=1S/C23H34FN3O5/c1-22(2)16-32-10-9-27(22)20(28)14-26-7-5-23(24,6-8-26)15-25-21(29)17-11-18(30-3)13-19(12-17)31-4/h11-13H,5-10,14-16H2,1-4H3,(H,25,29). The smallest absolute Gasteiger partial charge is 0.251 e. The first-order chi connectivity index (χ1) is 15.2. The van der Waals surface area contributed by atoms with Crippen LogP contribution in [0, 0.1) is 0 Å². The zero-order chi connectivity index (χ0) is 23.4. The number of hydrogen-bond donors (Lipinski definition) is 1. The van der Waals surface area contributed by atoms with Crippen molar-refractivity contribution in [2.45, 2.75) is 37.9 Å². The number of ether oxygens (including phenoxy) is 3. The molecular weight excluding hydrogens is 417 g/mol. The highest BCUT2D eigenvalue weighted by Crippen LogP contribution is 2.27. The Balaban J connectivity index is 1.50. The summed E-state index contributed by atoms with van der Waals surface area (Å²) in [6.45, 7) is 6.76. The predicted octanol–water partition coefficient (Wildman–Crippen LogP) is 1.88. The maximum absolute atomic E-state index is 15.3. The van der Waals surface area contributed by atoms with Gasteiger partial charge in [-0.25, -0.2) is 4.39 Å². The molecule has 0 saturated carbocycles. The first-order valence-electron chi connectivity index (χ1n) is 11.0. The van der Waals surface area contributed by atoms with E-state index in [0.29, 0.717) is 49.9 Å². The van der Waals surface area contributed by atoms with Gasteiger partial charge in [-0.15, -0.1) is 0 Å². The zero-order valence-electron chi connectivity index (χ0n) is 19.4. The number of morpholine rings is 1. The molecule has 8 nitrogen and oxygen atoms in total. The van der Waals surface area contributed by atoms with E-state index in [1.807, 2.05) is 23.6 Å². The SMILES string of the molecule is COc1cc(OC)cc(C(=O)NCC2(F)CCN(CC(=O)N3CCOCC3(C)C)CC2)c1. The number of nitrogens with zero attached hydrogens (tertiary/aromatic N) is 2. The number of halogens is 1. The summed E-state index contributed by atoms with van der Waals surface area (Å²) in [4.78, 5) is 29.2. The number of carbonyl (C=O) groups excluding carboxylic acids is 2. The van der Waals surface area contributed by atoms with Gasteiger partial charge in [-0.2, -0.15) is 0 Å². The van der Waals surface area contributed by atoms with E-state index in [1.165, 1.54) is 14.2 Å². The van der Waals surface area contributed by atoms with Gasteiger partial charge in [-0.1, -0.05) is 0 Å².